The fourth-order valence-electron chi connectivity index (χ4n) is 5.63. The number of hydrogen-bond acceptors (Lipinski definition) is 2. The van der Waals surface area contributed by atoms with Crippen LogP contribution in [-0.4, -0.2) is 4.57 Å². The maximum Gasteiger partial charge on any atom is 0.0814 e. The van der Waals surface area contributed by atoms with E-state index in [2.05, 4.69) is 66.1 Å². The molecule has 1 spiro atoms. The predicted molar refractivity (Wildman–Crippen MR) is 108 cm³/mol. The van der Waals surface area contributed by atoms with Gasteiger partial charge in [0.1, 0.15) is 0 Å². The second-order valence-electron chi connectivity index (χ2n) is 7.88. The van der Waals surface area contributed by atoms with Gasteiger partial charge in [-0.15, -0.1) is 11.3 Å². The van der Waals surface area contributed by atoms with Gasteiger partial charge < -0.3 is 9.47 Å². The van der Waals surface area contributed by atoms with Crippen LogP contribution >= 0.6 is 11.3 Å². The SMILES string of the molecule is Cc1ccccc1N1C(C)c2c(n(C)c3ccsc23)C12CCCCC2. The molecule has 3 aromatic rings. The van der Waals surface area contributed by atoms with E-state index in [0.29, 0.717) is 6.04 Å². The van der Waals surface area contributed by atoms with Gasteiger partial charge in [-0.3, -0.25) is 0 Å². The second kappa shape index (κ2) is 5.38. The summed E-state index contributed by atoms with van der Waals surface area (Å²) in [7, 11) is 2.29. The number of aromatic nitrogens is 1. The maximum atomic E-state index is 2.78. The van der Waals surface area contributed by atoms with Gasteiger partial charge in [0, 0.05) is 18.3 Å². The summed E-state index contributed by atoms with van der Waals surface area (Å²) in [6, 6.07) is 11.7. The Kier molecular flexibility index (Phi) is 3.34. The van der Waals surface area contributed by atoms with Crippen molar-refractivity contribution in [3.63, 3.8) is 0 Å². The average molecular weight is 351 g/mol. The molecule has 5 rings (SSSR count). The smallest absolute Gasteiger partial charge is 0.0814 e. The van der Waals surface area contributed by atoms with Crippen LogP contribution in [0.4, 0.5) is 5.69 Å². The molecule has 1 aliphatic carbocycles. The molecule has 0 amide bonds. The summed E-state index contributed by atoms with van der Waals surface area (Å²) in [5, 5.41) is 2.25. The van der Waals surface area contributed by atoms with Crippen molar-refractivity contribution in [2.24, 2.45) is 7.05 Å². The normalized spacial score (nSPS) is 22.0. The van der Waals surface area contributed by atoms with Crippen molar-refractivity contribution in [2.75, 3.05) is 4.90 Å². The van der Waals surface area contributed by atoms with E-state index in [-0.39, 0.29) is 5.54 Å². The molecule has 2 aliphatic rings. The zero-order chi connectivity index (χ0) is 17.2. The van der Waals surface area contributed by atoms with Gasteiger partial charge >= 0.3 is 0 Å². The summed E-state index contributed by atoms with van der Waals surface area (Å²) in [5.41, 5.74) is 7.62. The van der Waals surface area contributed by atoms with E-state index in [1.165, 1.54) is 53.6 Å². The van der Waals surface area contributed by atoms with Gasteiger partial charge in [-0.1, -0.05) is 37.5 Å². The number of nitrogens with zero attached hydrogens (tertiary/aromatic N) is 2. The van der Waals surface area contributed by atoms with Crippen molar-refractivity contribution in [1.29, 1.82) is 0 Å². The van der Waals surface area contributed by atoms with Crippen LogP contribution < -0.4 is 4.90 Å². The lowest BCUT2D eigenvalue weighted by Gasteiger charge is -2.46. The predicted octanol–water partition coefficient (Wildman–Crippen LogP) is 6.29. The molecule has 3 heterocycles. The third-order valence-electron chi connectivity index (χ3n) is 6.60. The molecule has 1 aromatic carbocycles. The molecule has 1 unspecified atom stereocenters. The van der Waals surface area contributed by atoms with E-state index >= 15 is 0 Å². The Morgan fingerprint density at radius 1 is 1.08 bits per heavy atom. The summed E-state index contributed by atoms with van der Waals surface area (Å²) in [4.78, 5) is 2.78. The molecule has 130 valence electrons. The highest BCUT2D eigenvalue weighted by Crippen LogP contribution is 2.58. The highest BCUT2D eigenvalue weighted by molar-refractivity contribution is 7.17. The molecule has 1 aliphatic heterocycles. The molecule has 0 N–H and O–H groups in total. The molecule has 2 nitrogen and oxygen atoms in total. The second-order valence-corrected chi connectivity index (χ2v) is 8.80. The van der Waals surface area contributed by atoms with Crippen LogP contribution in [0.15, 0.2) is 35.7 Å². The van der Waals surface area contributed by atoms with Crippen molar-refractivity contribution in [3.8, 4) is 0 Å². The lowest BCUT2D eigenvalue weighted by Crippen LogP contribution is -2.45. The number of rotatable bonds is 1. The minimum Gasteiger partial charge on any atom is -0.353 e. The van der Waals surface area contributed by atoms with Gasteiger partial charge in [0.25, 0.3) is 0 Å². The van der Waals surface area contributed by atoms with Crippen LogP contribution in [0.25, 0.3) is 10.2 Å². The van der Waals surface area contributed by atoms with Crippen molar-refractivity contribution in [1.82, 2.24) is 4.57 Å². The van der Waals surface area contributed by atoms with Crippen LogP contribution in [0, 0.1) is 6.92 Å². The molecule has 1 saturated carbocycles. The number of anilines is 1. The zero-order valence-electron chi connectivity index (χ0n) is 15.4. The highest BCUT2D eigenvalue weighted by Gasteiger charge is 2.52. The Hall–Kier alpha value is -1.74. The van der Waals surface area contributed by atoms with Gasteiger partial charge in [-0.2, -0.15) is 0 Å². The Morgan fingerprint density at radius 2 is 1.84 bits per heavy atom. The van der Waals surface area contributed by atoms with Crippen molar-refractivity contribution in [2.45, 2.75) is 57.5 Å². The molecule has 25 heavy (non-hydrogen) atoms. The number of benzene rings is 1. The number of thiophene rings is 1. The number of fused-ring (bicyclic) bond motifs is 4. The summed E-state index contributed by atoms with van der Waals surface area (Å²) in [6.07, 6.45) is 6.63. The van der Waals surface area contributed by atoms with Gasteiger partial charge in [0.15, 0.2) is 0 Å². The minimum absolute atomic E-state index is 0.173. The van der Waals surface area contributed by atoms with Crippen molar-refractivity contribution >= 4 is 27.2 Å². The molecular weight excluding hydrogens is 324 g/mol. The van der Waals surface area contributed by atoms with Gasteiger partial charge in [-0.25, -0.2) is 0 Å². The van der Waals surface area contributed by atoms with E-state index in [4.69, 9.17) is 0 Å². The van der Waals surface area contributed by atoms with E-state index in [9.17, 15) is 0 Å². The summed E-state index contributed by atoms with van der Waals surface area (Å²) in [6.45, 7) is 4.69. The average Bonchev–Trinajstić information content (AvgIpc) is 3.25. The molecular formula is C22H26N2S. The third-order valence-corrected chi connectivity index (χ3v) is 7.54. The van der Waals surface area contributed by atoms with Crippen LogP contribution in [0.3, 0.4) is 0 Å². The molecule has 2 aromatic heterocycles. The highest BCUT2D eigenvalue weighted by atomic mass is 32.1. The van der Waals surface area contributed by atoms with E-state index in [0.717, 1.165) is 0 Å². The van der Waals surface area contributed by atoms with Crippen LogP contribution in [-0.2, 0) is 12.6 Å². The monoisotopic (exact) mass is 350 g/mol. The maximum absolute atomic E-state index is 2.78. The first-order valence-electron chi connectivity index (χ1n) is 9.56. The first kappa shape index (κ1) is 15.5. The first-order chi connectivity index (χ1) is 12.1. The molecule has 1 fully saturated rings. The van der Waals surface area contributed by atoms with Crippen LogP contribution in [0.2, 0.25) is 0 Å². The van der Waals surface area contributed by atoms with Crippen molar-refractivity contribution in [3.05, 3.63) is 52.5 Å². The van der Waals surface area contributed by atoms with Crippen LogP contribution in [0.5, 0.6) is 0 Å². The third kappa shape index (κ3) is 1.90. The number of hydrogen-bond donors (Lipinski definition) is 0. The Bertz CT molecular complexity index is 942. The van der Waals surface area contributed by atoms with Gasteiger partial charge in [0.2, 0.25) is 0 Å². The molecule has 0 bridgehead atoms. The van der Waals surface area contributed by atoms with Crippen molar-refractivity contribution < 1.29 is 0 Å². The van der Waals surface area contributed by atoms with E-state index < -0.39 is 0 Å². The topological polar surface area (TPSA) is 8.17 Å². The standard InChI is InChI=1S/C22H26N2S/c1-15-9-5-6-10-17(15)24-16(2)19-20-18(11-14-25-20)23(3)21(19)22(24)12-7-4-8-13-22/h5-6,9-11,14,16H,4,7-8,12-13H2,1-3H3. The quantitative estimate of drug-likeness (QED) is 0.501. The Labute approximate surface area is 154 Å². The zero-order valence-corrected chi connectivity index (χ0v) is 16.2. The lowest BCUT2D eigenvalue weighted by atomic mass is 9.78. The summed E-state index contributed by atoms with van der Waals surface area (Å²) >= 11 is 1.92. The molecule has 0 radical (unpaired) electrons. The minimum atomic E-state index is 0.173. The Morgan fingerprint density at radius 3 is 2.60 bits per heavy atom. The Balaban J connectivity index is 1.81. The number of para-hydroxylation sites is 1. The lowest BCUT2D eigenvalue weighted by molar-refractivity contribution is 0.273. The van der Waals surface area contributed by atoms with E-state index in [1.807, 2.05) is 11.3 Å². The van der Waals surface area contributed by atoms with Crippen LogP contribution in [0.1, 0.15) is 61.9 Å². The van der Waals surface area contributed by atoms with E-state index in [1.54, 1.807) is 11.3 Å². The molecule has 3 heteroatoms. The fourth-order valence-corrected chi connectivity index (χ4v) is 6.68. The van der Waals surface area contributed by atoms with Gasteiger partial charge in [-0.05, 0) is 49.8 Å². The largest absolute Gasteiger partial charge is 0.353 e. The first-order valence-corrected chi connectivity index (χ1v) is 10.4. The fraction of sp³-hybridized carbons (Fsp3) is 0.455. The summed E-state index contributed by atoms with van der Waals surface area (Å²) in [5.74, 6) is 0. The molecule has 1 atom stereocenters. The summed E-state index contributed by atoms with van der Waals surface area (Å²) < 4.78 is 4.02. The van der Waals surface area contributed by atoms with Gasteiger partial charge in [0.05, 0.1) is 27.5 Å². The number of aryl methyl sites for hydroxylation is 2. The molecule has 0 saturated heterocycles.